The standard InChI is InChI=1S/C22H20N2S8/c25-21(23(13-17-5-1-9-27-17)14-18-6-2-10-28-18)31-32-22(26)24(15-19-7-3-11-29-19)16-20-8-4-12-30-20/h1-12H,13-16H2. The molecule has 166 valence electrons. The van der Waals surface area contributed by atoms with Crippen LogP contribution in [0.1, 0.15) is 19.5 Å². The molecule has 0 aliphatic rings. The summed E-state index contributed by atoms with van der Waals surface area (Å²) < 4.78 is 1.73. The lowest BCUT2D eigenvalue weighted by Crippen LogP contribution is -2.27. The lowest BCUT2D eigenvalue weighted by atomic mass is 10.4. The van der Waals surface area contributed by atoms with Crippen molar-refractivity contribution in [3.8, 4) is 0 Å². The summed E-state index contributed by atoms with van der Waals surface area (Å²) in [6.07, 6.45) is 0. The SMILES string of the molecule is S=C(SSC(=S)N(Cc1cccs1)Cc1cccs1)N(Cc1cccs1)Cc1cccs1. The summed E-state index contributed by atoms with van der Waals surface area (Å²) in [5, 5.41) is 8.47. The number of hydrogen-bond acceptors (Lipinski definition) is 8. The van der Waals surface area contributed by atoms with E-state index in [1.54, 1.807) is 66.9 Å². The maximum atomic E-state index is 5.86. The minimum absolute atomic E-state index is 0.822. The van der Waals surface area contributed by atoms with Gasteiger partial charge in [0.1, 0.15) is 8.64 Å². The molecule has 0 amide bonds. The van der Waals surface area contributed by atoms with E-state index in [2.05, 4.69) is 79.9 Å². The van der Waals surface area contributed by atoms with Gasteiger partial charge in [0.2, 0.25) is 0 Å². The molecule has 4 heterocycles. The second kappa shape index (κ2) is 12.7. The zero-order valence-corrected chi connectivity index (χ0v) is 23.4. The molecule has 0 radical (unpaired) electrons. The van der Waals surface area contributed by atoms with Crippen LogP contribution in [0.15, 0.2) is 70.1 Å². The molecular weight excluding hydrogens is 549 g/mol. The van der Waals surface area contributed by atoms with Crippen molar-refractivity contribution in [2.24, 2.45) is 0 Å². The van der Waals surface area contributed by atoms with Gasteiger partial charge in [0.25, 0.3) is 0 Å². The van der Waals surface area contributed by atoms with E-state index in [4.69, 9.17) is 24.4 Å². The molecule has 2 nitrogen and oxygen atoms in total. The van der Waals surface area contributed by atoms with Gasteiger partial charge in [-0.15, -0.1) is 45.3 Å². The first kappa shape index (κ1) is 24.4. The minimum Gasteiger partial charge on any atom is -0.347 e. The summed E-state index contributed by atoms with van der Waals surface area (Å²) in [5.74, 6) is 0. The summed E-state index contributed by atoms with van der Waals surface area (Å²) in [4.78, 5) is 9.80. The fraction of sp³-hybridized carbons (Fsp3) is 0.182. The lowest BCUT2D eigenvalue weighted by Gasteiger charge is -2.26. The van der Waals surface area contributed by atoms with E-state index in [0.717, 1.165) is 34.8 Å². The Morgan fingerprint density at radius 3 is 1.06 bits per heavy atom. The van der Waals surface area contributed by atoms with Crippen molar-refractivity contribution >= 4 is 100 Å². The molecule has 4 aromatic heterocycles. The Morgan fingerprint density at radius 2 is 0.844 bits per heavy atom. The molecule has 0 saturated heterocycles. The van der Waals surface area contributed by atoms with E-state index in [0.29, 0.717) is 0 Å². The predicted molar refractivity (Wildman–Crippen MR) is 156 cm³/mol. The van der Waals surface area contributed by atoms with Crippen LogP contribution in [-0.2, 0) is 26.2 Å². The Hall–Kier alpha value is -0.720. The molecule has 0 aromatic carbocycles. The summed E-state index contributed by atoms with van der Waals surface area (Å²) >= 11 is 18.8. The number of thiophene rings is 4. The van der Waals surface area contributed by atoms with Gasteiger partial charge < -0.3 is 9.80 Å². The molecule has 0 spiro atoms. The summed E-state index contributed by atoms with van der Waals surface area (Å²) in [6.45, 7) is 3.29. The van der Waals surface area contributed by atoms with Crippen LogP contribution in [0.4, 0.5) is 0 Å². The summed E-state index contributed by atoms with van der Waals surface area (Å²) in [6, 6.07) is 17.0. The Kier molecular flexibility index (Phi) is 9.66. The van der Waals surface area contributed by atoms with E-state index in [1.807, 2.05) is 0 Å². The molecule has 0 unspecified atom stereocenters. The molecule has 4 rings (SSSR count). The Morgan fingerprint density at radius 1 is 0.562 bits per heavy atom. The van der Waals surface area contributed by atoms with Crippen molar-refractivity contribution in [1.82, 2.24) is 9.80 Å². The number of nitrogens with zero attached hydrogens (tertiary/aromatic N) is 2. The van der Waals surface area contributed by atoms with E-state index < -0.39 is 0 Å². The van der Waals surface area contributed by atoms with Crippen molar-refractivity contribution in [1.29, 1.82) is 0 Å². The van der Waals surface area contributed by atoms with Crippen LogP contribution in [0.25, 0.3) is 0 Å². The van der Waals surface area contributed by atoms with Gasteiger partial charge >= 0.3 is 0 Å². The quantitative estimate of drug-likeness (QED) is 0.154. The Balaban J connectivity index is 1.39. The second-order valence-electron chi connectivity index (χ2n) is 6.73. The van der Waals surface area contributed by atoms with E-state index in [-0.39, 0.29) is 0 Å². The molecule has 0 atom stereocenters. The monoisotopic (exact) mass is 568 g/mol. The average Bonchev–Trinajstić information content (AvgIpc) is 3.60. The molecule has 10 heteroatoms. The van der Waals surface area contributed by atoms with Crippen LogP contribution in [0.2, 0.25) is 0 Å². The number of thiocarbonyl (C=S) groups is 2. The third kappa shape index (κ3) is 7.39. The van der Waals surface area contributed by atoms with Gasteiger partial charge in [0.05, 0.1) is 26.2 Å². The highest BCUT2D eigenvalue weighted by Gasteiger charge is 2.18. The zero-order valence-electron chi connectivity index (χ0n) is 16.9. The molecule has 0 aliphatic carbocycles. The van der Waals surface area contributed by atoms with Crippen molar-refractivity contribution in [2.75, 3.05) is 0 Å². The highest BCUT2D eigenvalue weighted by Crippen LogP contribution is 2.32. The summed E-state index contributed by atoms with van der Waals surface area (Å²) in [5.41, 5.74) is 0. The number of hydrogen-bond donors (Lipinski definition) is 0. The molecule has 0 N–H and O–H groups in total. The molecule has 0 saturated carbocycles. The minimum atomic E-state index is 0.822. The highest BCUT2D eigenvalue weighted by molar-refractivity contribution is 8.89. The van der Waals surface area contributed by atoms with E-state index in [1.165, 1.54) is 19.5 Å². The predicted octanol–water partition coefficient (Wildman–Crippen LogP) is 8.59. The largest absolute Gasteiger partial charge is 0.347 e. The van der Waals surface area contributed by atoms with Gasteiger partial charge in [-0.05, 0) is 67.4 Å². The van der Waals surface area contributed by atoms with E-state index >= 15 is 0 Å². The van der Waals surface area contributed by atoms with Crippen molar-refractivity contribution in [3.63, 3.8) is 0 Å². The van der Waals surface area contributed by atoms with Gasteiger partial charge in [0, 0.05) is 19.5 Å². The fourth-order valence-electron chi connectivity index (χ4n) is 2.91. The van der Waals surface area contributed by atoms with Crippen LogP contribution in [0.3, 0.4) is 0 Å². The highest BCUT2D eigenvalue weighted by atomic mass is 33.1. The summed E-state index contributed by atoms with van der Waals surface area (Å²) in [7, 11) is 3.19. The zero-order chi connectivity index (χ0) is 22.2. The Bertz CT molecular complexity index is 909. The van der Waals surface area contributed by atoms with Crippen LogP contribution < -0.4 is 0 Å². The second-order valence-corrected chi connectivity index (χ2v) is 14.3. The first-order valence-corrected chi connectivity index (χ1v) is 16.2. The lowest BCUT2D eigenvalue weighted by molar-refractivity contribution is 0.429. The third-order valence-electron chi connectivity index (χ3n) is 4.41. The van der Waals surface area contributed by atoms with Gasteiger partial charge in [-0.25, -0.2) is 0 Å². The van der Waals surface area contributed by atoms with Crippen LogP contribution >= 0.6 is 91.4 Å². The van der Waals surface area contributed by atoms with Crippen LogP contribution in [-0.4, -0.2) is 18.4 Å². The van der Waals surface area contributed by atoms with E-state index in [9.17, 15) is 0 Å². The van der Waals surface area contributed by atoms with Gasteiger partial charge in [-0.3, -0.25) is 0 Å². The van der Waals surface area contributed by atoms with Gasteiger partial charge in [0.15, 0.2) is 0 Å². The smallest absolute Gasteiger partial charge is 0.148 e. The Labute approximate surface area is 223 Å². The normalized spacial score (nSPS) is 10.9. The molecule has 32 heavy (non-hydrogen) atoms. The van der Waals surface area contributed by atoms with Crippen molar-refractivity contribution in [2.45, 2.75) is 26.2 Å². The molecule has 0 aliphatic heterocycles. The topological polar surface area (TPSA) is 6.48 Å². The van der Waals surface area contributed by atoms with Crippen LogP contribution in [0.5, 0.6) is 0 Å². The molecule has 4 aromatic rings. The molecule has 0 bridgehead atoms. The number of rotatable bonds is 8. The van der Waals surface area contributed by atoms with Gasteiger partial charge in [-0.2, -0.15) is 0 Å². The third-order valence-corrected chi connectivity index (χ3v) is 11.6. The van der Waals surface area contributed by atoms with Crippen LogP contribution in [0, 0.1) is 0 Å². The van der Waals surface area contributed by atoms with Gasteiger partial charge in [-0.1, -0.05) is 48.7 Å². The average molecular weight is 569 g/mol. The first-order valence-electron chi connectivity index (χ1n) is 9.69. The first-order chi connectivity index (χ1) is 15.7. The van der Waals surface area contributed by atoms with Crippen molar-refractivity contribution < 1.29 is 0 Å². The maximum Gasteiger partial charge on any atom is 0.148 e. The molecular formula is C22H20N2S8. The van der Waals surface area contributed by atoms with Crippen molar-refractivity contribution in [3.05, 3.63) is 89.6 Å². The molecule has 0 fully saturated rings. The maximum absolute atomic E-state index is 5.86. The fourth-order valence-corrected chi connectivity index (χ4v) is 8.33.